The molecule has 80 valence electrons. The predicted molar refractivity (Wildman–Crippen MR) is 57.0 cm³/mol. The van der Waals surface area contributed by atoms with Gasteiger partial charge in [0.1, 0.15) is 0 Å². The number of carbonyl (C=O) groups excluding carboxylic acids is 1. The molecule has 0 aromatic heterocycles. The molecule has 0 spiro atoms. The number of isocyanates is 1. The molecule has 0 aliphatic rings. The molecule has 1 aromatic rings. The lowest BCUT2D eigenvalue weighted by Gasteiger charge is -2.07. The zero-order chi connectivity index (χ0) is 11.3. The van der Waals surface area contributed by atoms with E-state index in [-0.39, 0.29) is 0 Å². The van der Waals surface area contributed by atoms with Gasteiger partial charge in [-0.25, -0.2) is 9.18 Å². The molecule has 0 aliphatic carbocycles. The summed E-state index contributed by atoms with van der Waals surface area (Å²) in [6, 6.07) is 7.08. The molecule has 0 N–H and O–H groups in total. The van der Waals surface area contributed by atoms with E-state index in [0.717, 1.165) is 12.0 Å². The Bertz CT molecular complexity index is 370. The van der Waals surface area contributed by atoms with Gasteiger partial charge in [0, 0.05) is 5.56 Å². The standard InChI is InChI=1S/C12H14FNO/c1-9(2)6-10-4-3-5-11(7-10)12(13)14-8-15/h3-5,7,9,12H,6H2,1-2H3. The van der Waals surface area contributed by atoms with E-state index >= 15 is 0 Å². The van der Waals surface area contributed by atoms with Crippen molar-refractivity contribution in [3.8, 4) is 0 Å². The Balaban J connectivity index is 2.86. The highest BCUT2D eigenvalue weighted by molar-refractivity contribution is 5.35. The maximum atomic E-state index is 13.2. The molecule has 1 rings (SSSR count). The number of hydrogen-bond donors (Lipinski definition) is 0. The molecular formula is C12H14FNO. The second-order valence-corrected chi connectivity index (χ2v) is 3.90. The minimum absolute atomic E-state index is 0.413. The largest absolute Gasteiger partial charge is 0.238 e. The highest BCUT2D eigenvalue weighted by Gasteiger charge is 2.08. The molecule has 0 aliphatic heterocycles. The first-order valence-electron chi connectivity index (χ1n) is 4.93. The lowest BCUT2D eigenvalue weighted by atomic mass is 10.0. The number of rotatable bonds is 4. The van der Waals surface area contributed by atoms with Crippen LogP contribution in [0.1, 0.15) is 31.3 Å². The molecule has 15 heavy (non-hydrogen) atoms. The Labute approximate surface area is 88.8 Å². The molecular weight excluding hydrogens is 193 g/mol. The zero-order valence-corrected chi connectivity index (χ0v) is 8.90. The number of alkyl halides is 1. The average molecular weight is 207 g/mol. The van der Waals surface area contributed by atoms with E-state index in [2.05, 4.69) is 18.8 Å². The topological polar surface area (TPSA) is 29.4 Å². The van der Waals surface area contributed by atoms with Crippen molar-refractivity contribution in [2.75, 3.05) is 0 Å². The predicted octanol–water partition coefficient (Wildman–Crippen LogP) is 3.19. The van der Waals surface area contributed by atoms with Crippen molar-refractivity contribution in [2.45, 2.75) is 26.6 Å². The van der Waals surface area contributed by atoms with Crippen LogP contribution < -0.4 is 0 Å². The van der Waals surface area contributed by atoms with Crippen molar-refractivity contribution in [3.05, 3.63) is 35.4 Å². The zero-order valence-electron chi connectivity index (χ0n) is 8.90. The van der Waals surface area contributed by atoms with Crippen molar-refractivity contribution in [2.24, 2.45) is 10.9 Å². The number of halogens is 1. The number of aliphatic imine (C=N–C) groups is 1. The van der Waals surface area contributed by atoms with Crippen LogP contribution in [0.3, 0.4) is 0 Å². The minimum atomic E-state index is -1.59. The first-order valence-corrected chi connectivity index (χ1v) is 4.93. The van der Waals surface area contributed by atoms with Gasteiger partial charge in [-0.3, -0.25) is 0 Å². The van der Waals surface area contributed by atoms with E-state index in [1.165, 1.54) is 6.08 Å². The first kappa shape index (κ1) is 11.6. The minimum Gasteiger partial charge on any atom is -0.215 e. The molecule has 0 saturated carbocycles. The van der Waals surface area contributed by atoms with Gasteiger partial charge in [0.15, 0.2) is 0 Å². The molecule has 1 aromatic carbocycles. The quantitative estimate of drug-likeness (QED) is 0.423. The summed E-state index contributed by atoms with van der Waals surface area (Å²) in [6.45, 7) is 4.20. The van der Waals surface area contributed by atoms with Crippen molar-refractivity contribution in [3.63, 3.8) is 0 Å². The summed E-state index contributed by atoms with van der Waals surface area (Å²) in [5.74, 6) is 0.521. The van der Waals surface area contributed by atoms with Crippen molar-refractivity contribution in [1.29, 1.82) is 0 Å². The Morgan fingerprint density at radius 2 is 2.20 bits per heavy atom. The van der Waals surface area contributed by atoms with Crippen molar-refractivity contribution in [1.82, 2.24) is 0 Å². The highest BCUT2D eigenvalue weighted by Crippen LogP contribution is 2.20. The van der Waals surface area contributed by atoms with Crippen LogP contribution in [-0.2, 0) is 11.2 Å². The van der Waals surface area contributed by atoms with Gasteiger partial charge in [-0.15, -0.1) is 0 Å². The van der Waals surface area contributed by atoms with Gasteiger partial charge < -0.3 is 0 Å². The number of nitrogens with zero attached hydrogens (tertiary/aromatic N) is 1. The summed E-state index contributed by atoms with van der Waals surface area (Å²) >= 11 is 0. The number of hydrogen-bond acceptors (Lipinski definition) is 2. The van der Waals surface area contributed by atoms with Gasteiger partial charge in [-0.05, 0) is 17.9 Å². The van der Waals surface area contributed by atoms with Crippen LogP contribution in [0.25, 0.3) is 0 Å². The van der Waals surface area contributed by atoms with Crippen molar-refractivity contribution >= 4 is 6.08 Å². The Hall–Kier alpha value is -1.47. The molecule has 1 unspecified atom stereocenters. The molecule has 0 bridgehead atoms. The van der Waals surface area contributed by atoms with E-state index in [0.29, 0.717) is 11.5 Å². The lowest BCUT2D eigenvalue weighted by Crippen LogP contribution is -1.96. The van der Waals surface area contributed by atoms with Gasteiger partial charge in [-0.1, -0.05) is 38.1 Å². The molecule has 1 atom stereocenters. The van der Waals surface area contributed by atoms with Gasteiger partial charge in [-0.2, -0.15) is 4.99 Å². The summed E-state index contributed by atoms with van der Waals surface area (Å²) < 4.78 is 13.2. The second-order valence-electron chi connectivity index (χ2n) is 3.90. The molecule has 0 amide bonds. The fourth-order valence-corrected chi connectivity index (χ4v) is 1.46. The fourth-order valence-electron chi connectivity index (χ4n) is 1.46. The van der Waals surface area contributed by atoms with Crippen molar-refractivity contribution < 1.29 is 9.18 Å². The Morgan fingerprint density at radius 1 is 1.47 bits per heavy atom. The molecule has 0 radical (unpaired) electrons. The third-order valence-corrected chi connectivity index (χ3v) is 2.04. The third kappa shape index (κ3) is 3.64. The Kier molecular flexibility index (Phi) is 4.19. The van der Waals surface area contributed by atoms with E-state index < -0.39 is 6.30 Å². The maximum absolute atomic E-state index is 13.2. The van der Waals surface area contributed by atoms with Crippen LogP contribution in [0.4, 0.5) is 4.39 Å². The van der Waals surface area contributed by atoms with E-state index in [9.17, 15) is 9.18 Å². The summed E-state index contributed by atoms with van der Waals surface area (Å²) in [4.78, 5) is 13.0. The molecule has 2 nitrogen and oxygen atoms in total. The van der Waals surface area contributed by atoms with Gasteiger partial charge >= 0.3 is 0 Å². The normalized spacial score (nSPS) is 12.3. The average Bonchev–Trinajstić information content (AvgIpc) is 2.17. The SMILES string of the molecule is CC(C)Cc1cccc(C(F)N=C=O)c1. The van der Waals surface area contributed by atoms with Gasteiger partial charge in [0.2, 0.25) is 12.4 Å². The maximum Gasteiger partial charge on any atom is 0.238 e. The second kappa shape index (κ2) is 5.42. The summed E-state index contributed by atoms with van der Waals surface area (Å²) in [5.41, 5.74) is 1.47. The molecule has 0 heterocycles. The Morgan fingerprint density at radius 3 is 2.80 bits per heavy atom. The first-order chi connectivity index (χ1) is 7.13. The van der Waals surface area contributed by atoms with Crippen LogP contribution in [0, 0.1) is 5.92 Å². The highest BCUT2D eigenvalue weighted by atomic mass is 19.1. The van der Waals surface area contributed by atoms with Crippen LogP contribution in [-0.4, -0.2) is 6.08 Å². The van der Waals surface area contributed by atoms with Gasteiger partial charge in [0.25, 0.3) is 0 Å². The van der Waals surface area contributed by atoms with Crippen LogP contribution in [0.5, 0.6) is 0 Å². The molecule has 3 heteroatoms. The van der Waals surface area contributed by atoms with E-state index in [1.807, 2.05) is 6.07 Å². The summed E-state index contributed by atoms with van der Waals surface area (Å²) in [7, 11) is 0. The smallest absolute Gasteiger partial charge is 0.215 e. The lowest BCUT2D eigenvalue weighted by molar-refractivity contribution is 0.356. The van der Waals surface area contributed by atoms with Crippen LogP contribution in [0.15, 0.2) is 29.3 Å². The summed E-state index contributed by atoms with van der Waals surface area (Å²) in [6.07, 6.45) is 0.532. The molecule has 0 saturated heterocycles. The van der Waals surface area contributed by atoms with Gasteiger partial charge in [0.05, 0.1) is 0 Å². The molecule has 0 fully saturated rings. The fraction of sp³-hybridized carbons (Fsp3) is 0.417. The van der Waals surface area contributed by atoms with Crippen LogP contribution >= 0.6 is 0 Å². The summed E-state index contributed by atoms with van der Waals surface area (Å²) in [5, 5.41) is 0. The monoisotopic (exact) mass is 207 g/mol. The van der Waals surface area contributed by atoms with E-state index in [1.54, 1.807) is 18.2 Å². The third-order valence-electron chi connectivity index (χ3n) is 2.04. The van der Waals surface area contributed by atoms with E-state index in [4.69, 9.17) is 0 Å². The van der Waals surface area contributed by atoms with Crippen LogP contribution in [0.2, 0.25) is 0 Å². The number of benzene rings is 1.